The Morgan fingerprint density at radius 3 is 2.61 bits per heavy atom. The molecule has 5 nitrogen and oxygen atoms in total. The second-order valence-electron chi connectivity index (χ2n) is 9.54. The first-order chi connectivity index (χ1) is 14.7. The van der Waals surface area contributed by atoms with Gasteiger partial charge in [-0.05, 0) is 77.0 Å². The second-order valence-corrected chi connectivity index (χ2v) is 9.98. The lowest BCUT2D eigenvalue weighted by Gasteiger charge is -2.32. The van der Waals surface area contributed by atoms with Gasteiger partial charge in [-0.15, -0.1) is 0 Å². The molecule has 1 aliphatic heterocycles. The standard InChI is InChI=1S/C25H30ClN3O2/c1-15-5-10-22-21(11-15)25(3,4)24(31)29(22)14-17-6-8-19(9-7-17)28-23(30)20-12-18(26)13-27-16(20)2/h5,10-13,17,19H,6-9,14H2,1-4H3,(H,28,30)/t17-,19-. The summed E-state index contributed by atoms with van der Waals surface area (Å²) >= 11 is 6.01. The van der Waals surface area contributed by atoms with E-state index in [2.05, 4.69) is 35.4 Å². The number of carbonyl (C=O) groups is 2. The van der Waals surface area contributed by atoms with E-state index >= 15 is 0 Å². The first-order valence-corrected chi connectivity index (χ1v) is 11.4. The SMILES string of the molecule is Cc1ccc2c(c1)C(C)(C)C(=O)N2C[C@H]1CC[C@H](NC(=O)c2cc(Cl)cnc2C)CC1. The molecular formula is C25H30ClN3O2. The highest BCUT2D eigenvalue weighted by molar-refractivity contribution is 6.30. The number of fused-ring (bicyclic) bond motifs is 1. The zero-order valence-corrected chi connectivity index (χ0v) is 19.4. The maximum absolute atomic E-state index is 13.1. The zero-order valence-electron chi connectivity index (χ0n) is 18.7. The molecule has 2 amide bonds. The Labute approximate surface area is 189 Å². The van der Waals surface area contributed by atoms with E-state index < -0.39 is 5.41 Å². The Kier molecular flexibility index (Phi) is 5.82. The number of aryl methyl sites for hydroxylation is 2. The van der Waals surface area contributed by atoms with Gasteiger partial charge in [0.15, 0.2) is 0 Å². The van der Waals surface area contributed by atoms with Crippen LogP contribution in [-0.2, 0) is 10.2 Å². The molecule has 2 heterocycles. The van der Waals surface area contributed by atoms with E-state index in [4.69, 9.17) is 11.6 Å². The van der Waals surface area contributed by atoms with E-state index in [1.807, 2.05) is 25.7 Å². The summed E-state index contributed by atoms with van der Waals surface area (Å²) in [7, 11) is 0. The van der Waals surface area contributed by atoms with Crippen LogP contribution in [0, 0.1) is 19.8 Å². The third-order valence-corrected chi connectivity index (χ3v) is 7.02. The van der Waals surface area contributed by atoms with Gasteiger partial charge in [-0.25, -0.2) is 0 Å². The molecule has 1 aliphatic carbocycles. The van der Waals surface area contributed by atoms with Crippen molar-refractivity contribution in [2.45, 2.75) is 64.8 Å². The first kappa shape index (κ1) is 21.8. The van der Waals surface area contributed by atoms with Crippen molar-refractivity contribution < 1.29 is 9.59 Å². The van der Waals surface area contributed by atoms with E-state index in [1.165, 1.54) is 5.56 Å². The summed E-state index contributed by atoms with van der Waals surface area (Å²) < 4.78 is 0. The summed E-state index contributed by atoms with van der Waals surface area (Å²) in [5.41, 5.74) is 4.10. The highest BCUT2D eigenvalue weighted by Crippen LogP contribution is 2.43. The van der Waals surface area contributed by atoms with Crippen LogP contribution in [0.5, 0.6) is 0 Å². The highest BCUT2D eigenvalue weighted by atomic mass is 35.5. The van der Waals surface area contributed by atoms with Crippen molar-refractivity contribution in [1.82, 2.24) is 10.3 Å². The van der Waals surface area contributed by atoms with Crippen molar-refractivity contribution in [1.29, 1.82) is 0 Å². The Hall–Kier alpha value is -2.40. The van der Waals surface area contributed by atoms with Crippen LogP contribution in [-0.4, -0.2) is 29.4 Å². The predicted molar refractivity (Wildman–Crippen MR) is 124 cm³/mol. The Bertz CT molecular complexity index is 1030. The minimum absolute atomic E-state index is 0.114. The van der Waals surface area contributed by atoms with Crippen molar-refractivity contribution in [2.24, 2.45) is 5.92 Å². The average Bonchev–Trinajstić information content (AvgIpc) is 2.91. The number of nitrogens with zero attached hydrogens (tertiary/aromatic N) is 2. The number of aromatic nitrogens is 1. The van der Waals surface area contributed by atoms with Gasteiger partial charge in [0, 0.05) is 24.5 Å². The third kappa shape index (κ3) is 4.20. The molecule has 6 heteroatoms. The smallest absolute Gasteiger partial charge is 0.253 e. The number of benzene rings is 1. The van der Waals surface area contributed by atoms with Crippen molar-refractivity contribution in [2.75, 3.05) is 11.4 Å². The Morgan fingerprint density at radius 2 is 1.90 bits per heavy atom. The summed E-state index contributed by atoms with van der Waals surface area (Å²) in [5, 5.41) is 3.61. The van der Waals surface area contributed by atoms with Crippen molar-refractivity contribution in [3.05, 3.63) is 57.9 Å². The van der Waals surface area contributed by atoms with Crippen LogP contribution < -0.4 is 10.2 Å². The number of hydrogen-bond acceptors (Lipinski definition) is 3. The first-order valence-electron chi connectivity index (χ1n) is 11.0. The highest BCUT2D eigenvalue weighted by Gasteiger charge is 2.44. The lowest BCUT2D eigenvalue weighted by Crippen LogP contribution is -2.42. The molecule has 0 spiro atoms. The molecule has 1 aromatic heterocycles. The summed E-state index contributed by atoms with van der Waals surface area (Å²) in [6, 6.07) is 8.13. The van der Waals surface area contributed by atoms with Gasteiger partial charge in [-0.1, -0.05) is 29.3 Å². The molecule has 1 N–H and O–H groups in total. The van der Waals surface area contributed by atoms with E-state index in [9.17, 15) is 9.59 Å². The lowest BCUT2D eigenvalue weighted by atomic mass is 9.85. The lowest BCUT2D eigenvalue weighted by molar-refractivity contribution is -0.122. The van der Waals surface area contributed by atoms with Gasteiger partial charge in [0.05, 0.1) is 21.7 Å². The number of pyridine rings is 1. The molecule has 1 fully saturated rings. The van der Waals surface area contributed by atoms with E-state index in [0.29, 0.717) is 22.2 Å². The average molecular weight is 440 g/mol. The maximum Gasteiger partial charge on any atom is 0.253 e. The number of hydrogen-bond donors (Lipinski definition) is 1. The number of rotatable bonds is 4. The number of nitrogens with one attached hydrogen (secondary N) is 1. The van der Waals surface area contributed by atoms with Crippen molar-refractivity contribution in [3.8, 4) is 0 Å². The summed E-state index contributed by atoms with van der Waals surface area (Å²) in [4.78, 5) is 32.0. The topological polar surface area (TPSA) is 62.3 Å². The van der Waals surface area contributed by atoms with Crippen LogP contribution >= 0.6 is 11.6 Å². The molecule has 4 rings (SSSR count). The van der Waals surface area contributed by atoms with Gasteiger partial charge in [-0.3, -0.25) is 14.6 Å². The molecule has 0 saturated heterocycles. The summed E-state index contributed by atoms with van der Waals surface area (Å²) in [6.07, 6.45) is 5.36. The molecule has 0 atom stereocenters. The van der Waals surface area contributed by atoms with Crippen LogP contribution in [0.4, 0.5) is 5.69 Å². The molecule has 0 unspecified atom stereocenters. The predicted octanol–water partition coefficient (Wildman–Crippen LogP) is 4.96. The quantitative estimate of drug-likeness (QED) is 0.731. The van der Waals surface area contributed by atoms with Crippen molar-refractivity contribution >= 4 is 29.1 Å². The molecule has 1 aromatic carbocycles. The van der Waals surface area contributed by atoms with Gasteiger partial charge in [0.2, 0.25) is 5.91 Å². The van der Waals surface area contributed by atoms with Crippen LogP contribution in [0.25, 0.3) is 0 Å². The number of anilines is 1. The molecule has 0 bridgehead atoms. The molecule has 164 valence electrons. The van der Waals surface area contributed by atoms with Crippen LogP contribution in [0.15, 0.2) is 30.5 Å². The van der Waals surface area contributed by atoms with E-state index in [-0.39, 0.29) is 17.9 Å². The maximum atomic E-state index is 13.1. The summed E-state index contributed by atoms with van der Waals surface area (Å²) in [5.74, 6) is 0.513. The number of halogens is 1. The molecule has 0 radical (unpaired) electrons. The molecule has 2 aromatic rings. The van der Waals surface area contributed by atoms with E-state index in [1.54, 1.807) is 12.3 Å². The monoisotopic (exact) mass is 439 g/mol. The Balaban J connectivity index is 1.37. The minimum atomic E-state index is -0.477. The van der Waals surface area contributed by atoms with Gasteiger partial charge >= 0.3 is 0 Å². The molecule has 2 aliphatic rings. The van der Waals surface area contributed by atoms with Crippen LogP contribution in [0.1, 0.15) is 66.7 Å². The minimum Gasteiger partial charge on any atom is -0.349 e. The fourth-order valence-corrected chi connectivity index (χ4v) is 5.04. The molecule has 31 heavy (non-hydrogen) atoms. The molecular weight excluding hydrogens is 410 g/mol. The van der Waals surface area contributed by atoms with Crippen LogP contribution in [0.3, 0.4) is 0 Å². The second kappa shape index (κ2) is 8.27. The van der Waals surface area contributed by atoms with Crippen LogP contribution in [0.2, 0.25) is 5.02 Å². The Morgan fingerprint density at radius 1 is 1.19 bits per heavy atom. The zero-order chi connectivity index (χ0) is 22.3. The van der Waals surface area contributed by atoms with E-state index in [0.717, 1.165) is 43.5 Å². The van der Waals surface area contributed by atoms with Gasteiger partial charge in [0.25, 0.3) is 5.91 Å². The van der Waals surface area contributed by atoms with Gasteiger partial charge in [-0.2, -0.15) is 0 Å². The fraction of sp³-hybridized carbons (Fsp3) is 0.480. The van der Waals surface area contributed by atoms with Gasteiger partial charge in [0.1, 0.15) is 0 Å². The van der Waals surface area contributed by atoms with Gasteiger partial charge < -0.3 is 10.2 Å². The van der Waals surface area contributed by atoms with Crippen molar-refractivity contribution in [3.63, 3.8) is 0 Å². The largest absolute Gasteiger partial charge is 0.349 e. The number of amides is 2. The third-order valence-electron chi connectivity index (χ3n) is 6.82. The number of carbonyl (C=O) groups excluding carboxylic acids is 2. The normalized spacial score (nSPS) is 22.4. The fourth-order valence-electron chi connectivity index (χ4n) is 4.88. The summed E-state index contributed by atoms with van der Waals surface area (Å²) in [6.45, 7) is 8.67. The molecule has 1 saturated carbocycles.